The zero-order valence-electron chi connectivity index (χ0n) is 6.15. The fourth-order valence-electron chi connectivity index (χ4n) is 0.687. The van der Waals surface area contributed by atoms with Gasteiger partial charge in [0.2, 0.25) is 0 Å². The van der Waals surface area contributed by atoms with Crippen LogP contribution in [0, 0.1) is 0 Å². The summed E-state index contributed by atoms with van der Waals surface area (Å²) in [6.45, 7) is 2.00. The molecule has 2 N–H and O–H groups in total. The summed E-state index contributed by atoms with van der Waals surface area (Å²) in [5, 5.41) is 13.9. The van der Waals surface area contributed by atoms with Crippen molar-refractivity contribution >= 4 is 18.6 Å². The topological polar surface area (TPSA) is 66.8 Å². The summed E-state index contributed by atoms with van der Waals surface area (Å²) < 4.78 is 5.07. The maximum Gasteiger partial charge on any atom is 0.503 e. The zero-order valence-corrected chi connectivity index (χ0v) is 6.97. The van der Waals surface area contributed by atoms with Gasteiger partial charge in [0.05, 0.1) is 0 Å². The van der Waals surface area contributed by atoms with Crippen LogP contribution in [0.1, 0.15) is 19.3 Å². The van der Waals surface area contributed by atoms with Crippen LogP contribution in [0.25, 0.3) is 0 Å². The Balaban J connectivity index is 0. The first kappa shape index (κ1) is 13.1. The first-order valence-electron chi connectivity index (χ1n) is 3.23. The molecule has 0 bridgehead atoms. The van der Waals surface area contributed by atoms with E-state index in [0.717, 1.165) is 13.2 Å². The second-order valence-electron chi connectivity index (χ2n) is 1.96. The molecule has 0 aromatic carbocycles. The number of hydrogen-bond acceptors (Lipinski definition) is 2. The Hall–Kier alpha value is -0.480. The van der Waals surface area contributed by atoms with Crippen LogP contribution in [0.5, 0.6) is 0 Å². The van der Waals surface area contributed by atoms with Crippen molar-refractivity contribution in [2.45, 2.75) is 19.3 Å². The second-order valence-corrected chi connectivity index (χ2v) is 1.96. The van der Waals surface area contributed by atoms with Gasteiger partial charge in [-0.2, -0.15) is 0 Å². The van der Waals surface area contributed by atoms with Crippen molar-refractivity contribution in [2.75, 3.05) is 13.2 Å². The van der Waals surface area contributed by atoms with Crippen LogP contribution in [0.2, 0.25) is 0 Å². The van der Waals surface area contributed by atoms with Crippen molar-refractivity contribution in [2.24, 2.45) is 0 Å². The van der Waals surface area contributed by atoms with Crippen LogP contribution >= 0.6 is 12.4 Å². The minimum Gasteiger partial charge on any atom is -0.450 e. The molecule has 0 atom stereocenters. The van der Waals surface area contributed by atoms with E-state index in [0.29, 0.717) is 0 Å². The molecule has 0 unspecified atom stereocenters. The van der Waals surface area contributed by atoms with E-state index >= 15 is 0 Å². The maximum atomic E-state index is 8.56. The monoisotopic (exact) mass is 184 g/mol. The molecule has 0 amide bonds. The summed E-state index contributed by atoms with van der Waals surface area (Å²) in [7, 11) is 0. The quantitative estimate of drug-likeness (QED) is 0.603. The van der Waals surface area contributed by atoms with Crippen LogP contribution in [0.4, 0.5) is 4.79 Å². The average Bonchev–Trinajstić information content (AvgIpc) is 1.90. The highest BCUT2D eigenvalue weighted by Gasteiger charge is 1.94. The van der Waals surface area contributed by atoms with Crippen LogP contribution in [-0.4, -0.2) is 29.6 Å². The third-order valence-electron chi connectivity index (χ3n) is 1.08. The molecule has 0 saturated carbocycles. The van der Waals surface area contributed by atoms with Gasteiger partial charge in [-0.1, -0.05) is 0 Å². The van der Waals surface area contributed by atoms with Crippen molar-refractivity contribution < 1.29 is 19.7 Å². The standard InChI is InChI=1S/C5H10O.CH2O3.ClH/c1-2-4-6-5-3-1;2-1(3)4;/h1-5H2;(H2,2,3,4);1H. The first-order chi connectivity index (χ1) is 4.73. The highest BCUT2D eigenvalue weighted by Crippen LogP contribution is 2.02. The highest BCUT2D eigenvalue weighted by molar-refractivity contribution is 5.85. The molecule has 1 saturated heterocycles. The molecule has 0 aromatic rings. The Morgan fingerprint density at radius 2 is 1.45 bits per heavy atom. The van der Waals surface area contributed by atoms with E-state index in [1.807, 2.05) is 0 Å². The fraction of sp³-hybridized carbons (Fsp3) is 0.833. The fourth-order valence-corrected chi connectivity index (χ4v) is 0.687. The predicted molar refractivity (Wildman–Crippen MR) is 42.6 cm³/mol. The molecule has 4 nitrogen and oxygen atoms in total. The van der Waals surface area contributed by atoms with Gasteiger partial charge in [0.25, 0.3) is 0 Å². The summed E-state index contributed by atoms with van der Waals surface area (Å²) in [6.07, 6.45) is 2.10. The Morgan fingerprint density at radius 1 is 1.09 bits per heavy atom. The lowest BCUT2D eigenvalue weighted by atomic mass is 10.2. The van der Waals surface area contributed by atoms with Crippen LogP contribution in [0.15, 0.2) is 0 Å². The number of carboxylic acid groups (broad SMARTS) is 2. The van der Waals surface area contributed by atoms with E-state index in [2.05, 4.69) is 0 Å². The lowest BCUT2D eigenvalue weighted by Gasteiger charge is -2.08. The van der Waals surface area contributed by atoms with E-state index in [1.54, 1.807) is 0 Å². The Bertz CT molecular complexity index is 77.1. The van der Waals surface area contributed by atoms with Gasteiger partial charge in [-0.3, -0.25) is 0 Å². The molecule has 0 spiro atoms. The van der Waals surface area contributed by atoms with Gasteiger partial charge < -0.3 is 14.9 Å². The summed E-state index contributed by atoms with van der Waals surface area (Å²) in [4.78, 5) is 8.56. The Morgan fingerprint density at radius 3 is 1.55 bits per heavy atom. The molecule has 1 rings (SSSR count). The Labute approximate surface area is 71.6 Å². The highest BCUT2D eigenvalue weighted by atomic mass is 35.5. The maximum absolute atomic E-state index is 8.56. The zero-order chi connectivity index (χ0) is 7.82. The minimum atomic E-state index is -1.83. The molecule has 0 aliphatic carbocycles. The van der Waals surface area contributed by atoms with Gasteiger partial charge in [-0.25, -0.2) is 4.79 Å². The summed E-state index contributed by atoms with van der Waals surface area (Å²) >= 11 is 0. The second kappa shape index (κ2) is 9.52. The molecule has 11 heavy (non-hydrogen) atoms. The summed E-state index contributed by atoms with van der Waals surface area (Å²) in [5.74, 6) is 0. The molecule has 5 heteroatoms. The van der Waals surface area contributed by atoms with Crippen LogP contribution in [-0.2, 0) is 4.74 Å². The molecule has 1 fully saturated rings. The number of rotatable bonds is 0. The molecule has 0 aromatic heterocycles. The molecule has 1 aliphatic heterocycles. The summed E-state index contributed by atoms with van der Waals surface area (Å²) in [5.41, 5.74) is 0. The Kier molecular flexibility index (Phi) is 11.4. The number of hydrogen-bond donors (Lipinski definition) is 2. The van der Waals surface area contributed by atoms with E-state index in [-0.39, 0.29) is 12.4 Å². The lowest BCUT2D eigenvalue weighted by Crippen LogP contribution is -2.03. The van der Waals surface area contributed by atoms with Crippen molar-refractivity contribution in [3.05, 3.63) is 0 Å². The van der Waals surface area contributed by atoms with Gasteiger partial charge in [0, 0.05) is 13.2 Å². The van der Waals surface area contributed by atoms with E-state index in [4.69, 9.17) is 19.7 Å². The van der Waals surface area contributed by atoms with Crippen LogP contribution in [0.3, 0.4) is 0 Å². The average molecular weight is 185 g/mol. The van der Waals surface area contributed by atoms with Crippen molar-refractivity contribution in [3.8, 4) is 0 Å². The number of ether oxygens (including phenoxy) is 1. The number of carbonyl (C=O) groups is 1. The predicted octanol–water partition coefficient (Wildman–Crippen LogP) is 1.83. The molecular formula is C6H13ClO4. The SMILES string of the molecule is C1CCOCC1.Cl.O=C(O)O. The smallest absolute Gasteiger partial charge is 0.450 e. The normalized spacial score (nSPS) is 15.3. The van der Waals surface area contributed by atoms with Crippen molar-refractivity contribution in [1.82, 2.24) is 0 Å². The van der Waals surface area contributed by atoms with Gasteiger partial charge in [-0.05, 0) is 19.3 Å². The molecule has 1 heterocycles. The van der Waals surface area contributed by atoms with Crippen LogP contribution < -0.4 is 0 Å². The molecule has 68 valence electrons. The van der Waals surface area contributed by atoms with Crippen molar-refractivity contribution in [3.63, 3.8) is 0 Å². The lowest BCUT2D eigenvalue weighted by molar-refractivity contribution is 0.0968. The van der Waals surface area contributed by atoms with Gasteiger partial charge in [0.15, 0.2) is 0 Å². The minimum absolute atomic E-state index is 0. The number of halogens is 1. The largest absolute Gasteiger partial charge is 0.503 e. The first-order valence-corrected chi connectivity index (χ1v) is 3.23. The van der Waals surface area contributed by atoms with E-state index in [9.17, 15) is 0 Å². The molecule has 1 aliphatic rings. The summed E-state index contributed by atoms with van der Waals surface area (Å²) in [6, 6.07) is 0. The van der Waals surface area contributed by atoms with Gasteiger partial charge in [0.1, 0.15) is 0 Å². The molecule has 0 radical (unpaired) electrons. The third-order valence-corrected chi connectivity index (χ3v) is 1.08. The van der Waals surface area contributed by atoms with Gasteiger partial charge >= 0.3 is 6.16 Å². The molecular weight excluding hydrogens is 172 g/mol. The van der Waals surface area contributed by atoms with E-state index in [1.165, 1.54) is 19.3 Å². The third kappa shape index (κ3) is 17.7. The van der Waals surface area contributed by atoms with E-state index < -0.39 is 6.16 Å². The van der Waals surface area contributed by atoms with Gasteiger partial charge in [-0.15, -0.1) is 12.4 Å². The van der Waals surface area contributed by atoms with Crippen molar-refractivity contribution in [1.29, 1.82) is 0 Å².